The van der Waals surface area contributed by atoms with Crippen LogP contribution in [0.3, 0.4) is 0 Å². The highest BCUT2D eigenvalue weighted by Gasteiger charge is 2.18. The summed E-state index contributed by atoms with van der Waals surface area (Å²) in [6, 6.07) is 12.8. The zero-order chi connectivity index (χ0) is 14.5. The van der Waals surface area contributed by atoms with Gasteiger partial charge < -0.3 is 19.8 Å². The van der Waals surface area contributed by atoms with Gasteiger partial charge in [-0.25, -0.2) is 0 Å². The molecule has 0 atom stereocenters. The Hall–Kier alpha value is -2.27. The van der Waals surface area contributed by atoms with Crippen molar-refractivity contribution in [2.75, 3.05) is 13.1 Å². The van der Waals surface area contributed by atoms with E-state index < -0.39 is 0 Å². The Morgan fingerprint density at radius 1 is 1.14 bits per heavy atom. The van der Waals surface area contributed by atoms with Gasteiger partial charge in [0, 0.05) is 12.1 Å². The smallest absolute Gasteiger partial charge is 0.290 e. The molecule has 0 aliphatic carbocycles. The number of benzene rings is 1. The molecule has 1 aromatic carbocycles. The second-order valence-electron chi connectivity index (χ2n) is 5.03. The first-order valence-electron chi connectivity index (χ1n) is 7.15. The number of nitrogens with one attached hydrogen (secondary N) is 2. The number of carbonyl (C=O) groups is 1. The van der Waals surface area contributed by atoms with Crippen molar-refractivity contribution in [1.29, 1.82) is 0 Å². The highest BCUT2D eigenvalue weighted by Crippen LogP contribution is 2.23. The number of rotatable bonds is 4. The van der Waals surface area contributed by atoms with Gasteiger partial charge in [-0.1, -0.05) is 18.2 Å². The molecule has 0 spiro atoms. The van der Waals surface area contributed by atoms with E-state index in [1.165, 1.54) is 0 Å². The normalized spacial score (nSPS) is 15.6. The van der Waals surface area contributed by atoms with Gasteiger partial charge >= 0.3 is 0 Å². The quantitative estimate of drug-likeness (QED) is 0.906. The van der Waals surface area contributed by atoms with Crippen molar-refractivity contribution >= 4 is 5.91 Å². The van der Waals surface area contributed by atoms with Gasteiger partial charge in [-0.05, 0) is 44.1 Å². The minimum atomic E-state index is -0.190. The summed E-state index contributed by atoms with van der Waals surface area (Å²) < 4.78 is 11.0. The highest BCUT2D eigenvalue weighted by molar-refractivity contribution is 5.91. The summed E-state index contributed by atoms with van der Waals surface area (Å²) in [5.41, 5.74) is 0. The maximum absolute atomic E-state index is 12.1. The molecule has 5 nitrogen and oxygen atoms in total. The molecule has 1 saturated heterocycles. The molecule has 2 heterocycles. The second-order valence-corrected chi connectivity index (χ2v) is 5.03. The fourth-order valence-electron chi connectivity index (χ4n) is 2.32. The Bertz CT molecular complexity index is 589. The van der Waals surface area contributed by atoms with Crippen LogP contribution in [-0.2, 0) is 0 Å². The number of ether oxygens (including phenoxy) is 1. The molecule has 2 aromatic rings. The minimum absolute atomic E-state index is 0.190. The third kappa shape index (κ3) is 3.64. The van der Waals surface area contributed by atoms with E-state index in [2.05, 4.69) is 10.6 Å². The Morgan fingerprint density at radius 3 is 2.67 bits per heavy atom. The van der Waals surface area contributed by atoms with Crippen LogP contribution in [0.2, 0.25) is 0 Å². The first kappa shape index (κ1) is 13.7. The van der Waals surface area contributed by atoms with Crippen LogP contribution in [0.4, 0.5) is 0 Å². The lowest BCUT2D eigenvalue weighted by Gasteiger charge is -2.23. The summed E-state index contributed by atoms with van der Waals surface area (Å²) in [4.78, 5) is 12.1. The van der Waals surface area contributed by atoms with Crippen molar-refractivity contribution in [3.8, 4) is 11.7 Å². The summed E-state index contributed by atoms with van der Waals surface area (Å²) >= 11 is 0. The van der Waals surface area contributed by atoms with Gasteiger partial charge in [0.25, 0.3) is 11.9 Å². The molecule has 2 N–H and O–H groups in total. The number of hydrogen-bond acceptors (Lipinski definition) is 4. The second kappa shape index (κ2) is 6.45. The number of amides is 1. The average molecular weight is 286 g/mol. The molecule has 1 amide bonds. The molecule has 0 radical (unpaired) electrons. The predicted octanol–water partition coefficient (Wildman–Crippen LogP) is 2.55. The maximum Gasteiger partial charge on any atom is 0.290 e. The summed E-state index contributed by atoms with van der Waals surface area (Å²) in [5.74, 6) is 1.08. The van der Waals surface area contributed by atoms with Gasteiger partial charge in [-0.2, -0.15) is 0 Å². The van der Waals surface area contributed by atoms with Crippen LogP contribution in [-0.4, -0.2) is 25.0 Å². The number of hydrogen-bond donors (Lipinski definition) is 2. The molecule has 21 heavy (non-hydrogen) atoms. The summed E-state index contributed by atoms with van der Waals surface area (Å²) in [6.45, 7) is 1.87. The van der Waals surface area contributed by atoms with E-state index in [1.54, 1.807) is 12.1 Å². The van der Waals surface area contributed by atoms with E-state index in [4.69, 9.17) is 9.15 Å². The van der Waals surface area contributed by atoms with Crippen molar-refractivity contribution in [2.24, 2.45) is 0 Å². The Balaban J connectivity index is 1.60. The lowest BCUT2D eigenvalue weighted by atomic mass is 10.1. The van der Waals surface area contributed by atoms with Gasteiger partial charge in [-0.3, -0.25) is 4.79 Å². The SMILES string of the molecule is O=C(NC1CCNCC1)c1ccc(Oc2ccccc2)o1. The first-order chi connectivity index (χ1) is 10.3. The van der Waals surface area contributed by atoms with Gasteiger partial charge in [0.05, 0.1) is 0 Å². The molecular weight excluding hydrogens is 268 g/mol. The standard InChI is InChI=1S/C16H18N2O3/c19-16(18-12-8-10-17-11-9-12)14-6-7-15(21-14)20-13-4-2-1-3-5-13/h1-7,12,17H,8-11H2,(H,18,19). The number of furan rings is 1. The molecule has 1 aliphatic rings. The van der Waals surface area contributed by atoms with Crippen molar-refractivity contribution in [1.82, 2.24) is 10.6 Å². The summed E-state index contributed by atoms with van der Waals surface area (Å²) in [6.07, 6.45) is 1.89. The molecule has 0 unspecified atom stereocenters. The van der Waals surface area contributed by atoms with Crippen molar-refractivity contribution in [2.45, 2.75) is 18.9 Å². The average Bonchev–Trinajstić information content (AvgIpc) is 2.98. The molecule has 110 valence electrons. The van der Waals surface area contributed by atoms with Crippen LogP contribution >= 0.6 is 0 Å². The van der Waals surface area contributed by atoms with E-state index in [9.17, 15) is 4.79 Å². The molecular formula is C16H18N2O3. The first-order valence-corrected chi connectivity index (χ1v) is 7.15. The van der Waals surface area contributed by atoms with E-state index in [-0.39, 0.29) is 17.7 Å². The van der Waals surface area contributed by atoms with Gasteiger partial charge in [0.15, 0.2) is 5.76 Å². The highest BCUT2D eigenvalue weighted by atomic mass is 16.6. The van der Waals surface area contributed by atoms with Crippen molar-refractivity contribution < 1.29 is 13.9 Å². The minimum Gasteiger partial charge on any atom is -0.426 e. The molecule has 1 aliphatic heterocycles. The molecule has 0 saturated carbocycles. The van der Waals surface area contributed by atoms with E-state index in [0.717, 1.165) is 25.9 Å². The Kier molecular flexibility index (Phi) is 4.21. The van der Waals surface area contributed by atoms with Crippen molar-refractivity contribution in [3.05, 3.63) is 48.2 Å². The topological polar surface area (TPSA) is 63.5 Å². The predicted molar refractivity (Wildman–Crippen MR) is 78.6 cm³/mol. The molecule has 1 aromatic heterocycles. The molecule has 3 rings (SSSR count). The van der Waals surface area contributed by atoms with Crippen molar-refractivity contribution in [3.63, 3.8) is 0 Å². The van der Waals surface area contributed by atoms with Crippen LogP contribution in [0.5, 0.6) is 11.7 Å². The van der Waals surface area contributed by atoms with Gasteiger partial charge in [0.2, 0.25) is 0 Å². The number of carbonyl (C=O) groups excluding carboxylic acids is 1. The van der Waals surface area contributed by atoms with Crippen LogP contribution in [0.1, 0.15) is 23.4 Å². The van der Waals surface area contributed by atoms with Crippen LogP contribution in [0, 0.1) is 0 Å². The third-order valence-electron chi connectivity index (χ3n) is 3.44. The Labute approximate surface area is 123 Å². The van der Waals surface area contributed by atoms with E-state index in [0.29, 0.717) is 11.7 Å². The fourth-order valence-corrected chi connectivity index (χ4v) is 2.32. The number of para-hydroxylation sites is 1. The monoisotopic (exact) mass is 286 g/mol. The number of piperidine rings is 1. The van der Waals surface area contributed by atoms with Crippen LogP contribution in [0.25, 0.3) is 0 Å². The third-order valence-corrected chi connectivity index (χ3v) is 3.44. The molecule has 0 bridgehead atoms. The van der Waals surface area contributed by atoms with Gasteiger partial charge in [-0.15, -0.1) is 0 Å². The lowest BCUT2D eigenvalue weighted by molar-refractivity contribution is 0.0896. The fraction of sp³-hybridized carbons (Fsp3) is 0.312. The Morgan fingerprint density at radius 2 is 1.90 bits per heavy atom. The van der Waals surface area contributed by atoms with Gasteiger partial charge in [0.1, 0.15) is 5.75 Å². The zero-order valence-corrected chi connectivity index (χ0v) is 11.7. The maximum atomic E-state index is 12.1. The zero-order valence-electron chi connectivity index (χ0n) is 11.7. The van der Waals surface area contributed by atoms with E-state index in [1.807, 2.05) is 30.3 Å². The lowest BCUT2D eigenvalue weighted by Crippen LogP contribution is -2.42. The largest absolute Gasteiger partial charge is 0.426 e. The molecule has 5 heteroatoms. The van der Waals surface area contributed by atoms with Crippen LogP contribution < -0.4 is 15.4 Å². The summed E-state index contributed by atoms with van der Waals surface area (Å²) in [7, 11) is 0. The summed E-state index contributed by atoms with van der Waals surface area (Å²) in [5, 5.41) is 6.25. The van der Waals surface area contributed by atoms with E-state index >= 15 is 0 Å². The van der Waals surface area contributed by atoms with Crippen LogP contribution in [0.15, 0.2) is 46.9 Å². The molecule has 1 fully saturated rings.